The lowest BCUT2D eigenvalue weighted by molar-refractivity contribution is -0.114. The molecule has 0 spiro atoms. The molecule has 0 saturated heterocycles. The molecule has 0 bridgehead atoms. The molecule has 0 radical (unpaired) electrons. The first-order valence-corrected chi connectivity index (χ1v) is 7.12. The molecule has 22 heavy (non-hydrogen) atoms. The van der Waals surface area contributed by atoms with Crippen LogP contribution in [0.15, 0.2) is 42.5 Å². The Balaban J connectivity index is 1.89. The lowest BCUT2D eigenvalue weighted by Gasteiger charge is -2.13. The third-order valence-electron chi connectivity index (χ3n) is 2.79. The highest BCUT2D eigenvalue weighted by Crippen LogP contribution is 2.25. The normalized spacial score (nSPS) is 10.1. The van der Waals surface area contributed by atoms with Crippen LogP contribution >= 0.6 is 11.6 Å². The van der Waals surface area contributed by atoms with Crippen molar-refractivity contribution in [2.75, 3.05) is 23.8 Å². The minimum Gasteiger partial charge on any atom is -0.492 e. The van der Waals surface area contributed by atoms with Crippen molar-refractivity contribution in [3.8, 4) is 5.75 Å². The summed E-state index contributed by atoms with van der Waals surface area (Å²) in [5.74, 6) is 0.133. The van der Waals surface area contributed by atoms with Gasteiger partial charge in [-0.2, -0.15) is 0 Å². The van der Waals surface area contributed by atoms with Crippen molar-refractivity contribution in [3.05, 3.63) is 53.3 Å². The lowest BCUT2D eigenvalue weighted by atomic mass is 10.2. The van der Waals surface area contributed by atoms with Crippen molar-refractivity contribution >= 4 is 28.9 Å². The van der Waals surface area contributed by atoms with Gasteiger partial charge in [0.15, 0.2) is 0 Å². The monoisotopic (exact) mass is 322 g/mol. The summed E-state index contributed by atoms with van der Waals surface area (Å²) in [6.07, 6.45) is 0. The molecule has 0 aromatic heterocycles. The molecule has 0 aliphatic rings. The largest absolute Gasteiger partial charge is 0.492 e. The Morgan fingerprint density at radius 2 is 1.91 bits per heavy atom. The van der Waals surface area contributed by atoms with Crippen LogP contribution in [0.5, 0.6) is 5.75 Å². The Hall–Kier alpha value is -2.27. The maximum absolute atomic E-state index is 12.8. The highest BCUT2D eigenvalue weighted by Gasteiger charge is 2.05. The number of hydrogen-bond acceptors (Lipinski definition) is 3. The Morgan fingerprint density at radius 3 is 2.59 bits per heavy atom. The predicted octanol–water partition coefficient (Wildman–Crippen LogP) is 3.93. The highest BCUT2D eigenvalue weighted by molar-refractivity contribution is 6.31. The molecular formula is C16H16ClFN2O2. The third kappa shape index (κ3) is 4.93. The number of nitrogens with one attached hydrogen (secondary N) is 2. The maximum atomic E-state index is 12.8. The molecule has 0 saturated carbocycles. The van der Waals surface area contributed by atoms with Gasteiger partial charge in [-0.05, 0) is 42.5 Å². The molecule has 0 aliphatic carbocycles. The fourth-order valence-electron chi connectivity index (χ4n) is 1.85. The van der Waals surface area contributed by atoms with Gasteiger partial charge in [-0.1, -0.05) is 11.6 Å². The van der Waals surface area contributed by atoms with E-state index < -0.39 is 0 Å². The smallest absolute Gasteiger partial charge is 0.221 e. The summed E-state index contributed by atoms with van der Waals surface area (Å²) < 4.78 is 18.3. The molecule has 116 valence electrons. The number of halogens is 2. The average Bonchev–Trinajstić information content (AvgIpc) is 2.47. The second kappa shape index (κ2) is 7.66. The van der Waals surface area contributed by atoms with Crippen LogP contribution in [0.2, 0.25) is 5.02 Å². The van der Waals surface area contributed by atoms with Gasteiger partial charge in [-0.25, -0.2) is 4.39 Å². The van der Waals surface area contributed by atoms with Crippen LogP contribution in [0.25, 0.3) is 0 Å². The Bertz CT molecular complexity index is 647. The molecule has 4 nitrogen and oxygen atoms in total. The predicted molar refractivity (Wildman–Crippen MR) is 86.1 cm³/mol. The van der Waals surface area contributed by atoms with Crippen molar-refractivity contribution in [1.82, 2.24) is 0 Å². The van der Waals surface area contributed by atoms with Gasteiger partial charge >= 0.3 is 0 Å². The topological polar surface area (TPSA) is 50.4 Å². The third-order valence-corrected chi connectivity index (χ3v) is 3.03. The molecule has 0 atom stereocenters. The number of anilines is 2. The molecule has 0 heterocycles. The van der Waals surface area contributed by atoms with Crippen LogP contribution in [0.4, 0.5) is 15.8 Å². The van der Waals surface area contributed by atoms with Crippen molar-refractivity contribution in [1.29, 1.82) is 0 Å². The highest BCUT2D eigenvalue weighted by atomic mass is 35.5. The van der Waals surface area contributed by atoms with E-state index in [0.717, 1.165) is 0 Å². The number of carbonyl (C=O) groups is 1. The van der Waals surface area contributed by atoms with Crippen molar-refractivity contribution in [2.45, 2.75) is 6.92 Å². The molecule has 2 N–H and O–H groups in total. The summed E-state index contributed by atoms with van der Waals surface area (Å²) in [5, 5.41) is 6.43. The fraction of sp³-hybridized carbons (Fsp3) is 0.188. The average molecular weight is 323 g/mol. The van der Waals surface area contributed by atoms with Crippen molar-refractivity contribution in [3.63, 3.8) is 0 Å². The van der Waals surface area contributed by atoms with E-state index in [1.54, 1.807) is 30.3 Å². The Kier molecular flexibility index (Phi) is 5.61. The second-order valence-electron chi connectivity index (χ2n) is 4.60. The minimum absolute atomic E-state index is 0.159. The summed E-state index contributed by atoms with van der Waals surface area (Å²) in [4.78, 5) is 11.2. The SMILES string of the molecule is CC(=O)Nc1ccc(Cl)cc1NCCOc1ccc(F)cc1. The van der Waals surface area contributed by atoms with Crippen LogP contribution in [0, 0.1) is 5.82 Å². The molecule has 1 amide bonds. The first-order valence-electron chi connectivity index (χ1n) is 6.74. The van der Waals surface area contributed by atoms with Crippen LogP contribution in [-0.2, 0) is 4.79 Å². The Morgan fingerprint density at radius 1 is 1.18 bits per heavy atom. The first-order chi connectivity index (χ1) is 10.5. The van der Waals surface area contributed by atoms with E-state index in [-0.39, 0.29) is 11.7 Å². The van der Waals surface area contributed by atoms with Gasteiger partial charge in [0, 0.05) is 18.5 Å². The van der Waals surface area contributed by atoms with Gasteiger partial charge in [0.1, 0.15) is 18.2 Å². The summed E-state index contributed by atoms with van der Waals surface area (Å²) >= 11 is 5.96. The van der Waals surface area contributed by atoms with Gasteiger partial charge in [0.05, 0.1) is 11.4 Å². The molecule has 2 aromatic rings. The molecule has 0 aliphatic heterocycles. The van der Waals surface area contributed by atoms with E-state index in [9.17, 15) is 9.18 Å². The van der Waals surface area contributed by atoms with E-state index in [1.165, 1.54) is 19.1 Å². The van der Waals surface area contributed by atoms with Crippen molar-refractivity contribution in [2.24, 2.45) is 0 Å². The summed E-state index contributed by atoms with van der Waals surface area (Å²) in [5.41, 5.74) is 1.36. The minimum atomic E-state index is -0.302. The van der Waals surface area contributed by atoms with Crippen molar-refractivity contribution < 1.29 is 13.9 Å². The first kappa shape index (κ1) is 16.1. The summed E-state index contributed by atoms with van der Waals surface area (Å²) in [6.45, 7) is 2.33. The number of hydrogen-bond donors (Lipinski definition) is 2. The second-order valence-corrected chi connectivity index (χ2v) is 5.04. The molecule has 6 heteroatoms. The van der Waals surface area contributed by atoms with Gasteiger partial charge in [0.25, 0.3) is 0 Å². The van der Waals surface area contributed by atoms with Crippen LogP contribution in [0.1, 0.15) is 6.92 Å². The number of carbonyl (C=O) groups excluding carboxylic acids is 1. The fourth-order valence-corrected chi connectivity index (χ4v) is 2.02. The standard InChI is InChI=1S/C16H16ClFN2O2/c1-11(21)20-15-7-2-12(17)10-16(15)19-8-9-22-14-5-3-13(18)4-6-14/h2-7,10,19H,8-9H2,1H3,(H,20,21). The maximum Gasteiger partial charge on any atom is 0.221 e. The zero-order valence-corrected chi connectivity index (χ0v) is 12.8. The van der Waals surface area contributed by atoms with E-state index in [4.69, 9.17) is 16.3 Å². The summed E-state index contributed by atoms with van der Waals surface area (Å²) in [7, 11) is 0. The Labute approximate surface area is 133 Å². The van der Waals surface area contributed by atoms with E-state index in [0.29, 0.717) is 35.3 Å². The zero-order chi connectivity index (χ0) is 15.9. The molecule has 2 rings (SSSR count). The number of ether oxygens (including phenoxy) is 1. The van der Waals surface area contributed by atoms with Crippen LogP contribution in [-0.4, -0.2) is 19.1 Å². The quantitative estimate of drug-likeness (QED) is 0.792. The number of benzene rings is 2. The molecule has 0 fully saturated rings. The van der Waals surface area contributed by atoms with Gasteiger partial charge in [-0.3, -0.25) is 4.79 Å². The van der Waals surface area contributed by atoms with E-state index >= 15 is 0 Å². The molecular weight excluding hydrogens is 307 g/mol. The van der Waals surface area contributed by atoms with Crippen LogP contribution in [0.3, 0.4) is 0 Å². The summed E-state index contributed by atoms with van der Waals surface area (Å²) in [6, 6.07) is 11.0. The van der Waals surface area contributed by atoms with E-state index in [2.05, 4.69) is 10.6 Å². The van der Waals surface area contributed by atoms with E-state index in [1.807, 2.05) is 0 Å². The van der Waals surface area contributed by atoms with Crippen LogP contribution < -0.4 is 15.4 Å². The lowest BCUT2D eigenvalue weighted by Crippen LogP contribution is -2.14. The van der Waals surface area contributed by atoms with Gasteiger partial charge < -0.3 is 15.4 Å². The number of amides is 1. The zero-order valence-electron chi connectivity index (χ0n) is 12.0. The molecule has 2 aromatic carbocycles. The number of rotatable bonds is 6. The molecule has 0 unspecified atom stereocenters. The van der Waals surface area contributed by atoms with Gasteiger partial charge in [-0.15, -0.1) is 0 Å². The van der Waals surface area contributed by atoms with Gasteiger partial charge in [0.2, 0.25) is 5.91 Å².